The first-order chi connectivity index (χ1) is 10.7. The van der Waals surface area contributed by atoms with Crippen LogP contribution in [0.1, 0.15) is 35.9 Å². The first-order valence-corrected chi connectivity index (χ1v) is 8.82. The second-order valence-electron chi connectivity index (χ2n) is 5.05. The number of carboxylic acids is 1. The van der Waals surface area contributed by atoms with Crippen LogP contribution in [0.15, 0.2) is 41.4 Å². The van der Waals surface area contributed by atoms with Crippen molar-refractivity contribution in [3.8, 4) is 0 Å². The molecule has 8 heteroatoms. The molecule has 0 saturated heterocycles. The van der Waals surface area contributed by atoms with Crippen LogP contribution in [0.5, 0.6) is 0 Å². The monoisotopic (exact) mass is 356 g/mol. The van der Waals surface area contributed by atoms with E-state index < -0.39 is 22.0 Å². The smallest absolute Gasteiger partial charge is 0.352 e. The summed E-state index contributed by atoms with van der Waals surface area (Å²) in [5.74, 6) is -1.17. The Kier molecular flexibility index (Phi) is 5.13. The molecule has 1 heterocycles. The molecule has 0 radical (unpaired) electrons. The van der Waals surface area contributed by atoms with E-state index in [0.29, 0.717) is 11.6 Å². The highest BCUT2D eigenvalue weighted by atomic mass is 35.5. The Morgan fingerprint density at radius 1 is 1.39 bits per heavy atom. The lowest BCUT2D eigenvalue weighted by Crippen LogP contribution is -2.26. The van der Waals surface area contributed by atoms with Crippen molar-refractivity contribution in [2.45, 2.75) is 31.3 Å². The molecule has 0 fully saturated rings. The number of hydrogen-bond acceptors (Lipinski definition) is 3. The van der Waals surface area contributed by atoms with E-state index in [1.54, 1.807) is 38.1 Å². The van der Waals surface area contributed by atoms with Crippen LogP contribution in [0.4, 0.5) is 0 Å². The molecular formula is C15H17ClN2O4S. The molecule has 0 aliphatic carbocycles. The lowest BCUT2D eigenvalue weighted by Gasteiger charge is -2.14. The third-order valence-corrected chi connectivity index (χ3v) is 5.17. The maximum Gasteiger partial charge on any atom is 0.352 e. The average molecular weight is 357 g/mol. The summed E-state index contributed by atoms with van der Waals surface area (Å²) >= 11 is 5.91. The van der Waals surface area contributed by atoms with E-state index in [9.17, 15) is 13.2 Å². The second kappa shape index (κ2) is 6.74. The third kappa shape index (κ3) is 3.93. The van der Waals surface area contributed by atoms with Crippen LogP contribution in [-0.4, -0.2) is 24.1 Å². The van der Waals surface area contributed by atoms with E-state index in [1.807, 2.05) is 0 Å². The molecule has 1 unspecified atom stereocenters. The minimum Gasteiger partial charge on any atom is -0.477 e. The molecule has 2 rings (SSSR count). The highest BCUT2D eigenvalue weighted by Crippen LogP contribution is 2.21. The van der Waals surface area contributed by atoms with E-state index in [1.165, 1.54) is 10.8 Å². The fourth-order valence-corrected chi connectivity index (χ4v) is 3.69. The Labute approximate surface area is 139 Å². The van der Waals surface area contributed by atoms with Crippen LogP contribution >= 0.6 is 11.6 Å². The molecule has 1 aromatic carbocycles. The first kappa shape index (κ1) is 17.5. The quantitative estimate of drug-likeness (QED) is 0.832. The molecule has 124 valence electrons. The Morgan fingerprint density at radius 2 is 2.09 bits per heavy atom. The van der Waals surface area contributed by atoms with Gasteiger partial charge in [-0.25, -0.2) is 17.9 Å². The van der Waals surface area contributed by atoms with Gasteiger partial charge >= 0.3 is 5.97 Å². The zero-order valence-electron chi connectivity index (χ0n) is 12.7. The van der Waals surface area contributed by atoms with Gasteiger partial charge in [0.05, 0.1) is 0 Å². The maximum atomic E-state index is 12.5. The van der Waals surface area contributed by atoms with Crippen molar-refractivity contribution in [1.82, 2.24) is 9.29 Å². The molecule has 0 amide bonds. The van der Waals surface area contributed by atoms with Gasteiger partial charge in [-0.15, -0.1) is 0 Å². The SMILES string of the molecule is CCn1cc(S(=O)(=O)NC(C)c2cccc(Cl)c2)cc1C(=O)O. The summed E-state index contributed by atoms with van der Waals surface area (Å²) in [6.45, 7) is 3.80. The lowest BCUT2D eigenvalue weighted by atomic mass is 10.1. The fraction of sp³-hybridized carbons (Fsp3) is 0.267. The van der Waals surface area contributed by atoms with Crippen molar-refractivity contribution in [3.05, 3.63) is 52.8 Å². The number of aromatic nitrogens is 1. The molecule has 0 saturated carbocycles. The van der Waals surface area contributed by atoms with Gasteiger partial charge < -0.3 is 9.67 Å². The predicted octanol–water partition coefficient (Wildman–Crippen LogP) is 2.90. The Hall–Kier alpha value is -1.83. The number of rotatable bonds is 6. The van der Waals surface area contributed by atoms with Crippen molar-refractivity contribution in [2.24, 2.45) is 0 Å². The number of aromatic carboxylic acids is 1. The zero-order chi connectivity index (χ0) is 17.2. The third-order valence-electron chi connectivity index (χ3n) is 3.42. The van der Waals surface area contributed by atoms with Crippen molar-refractivity contribution < 1.29 is 18.3 Å². The van der Waals surface area contributed by atoms with E-state index in [2.05, 4.69) is 4.72 Å². The van der Waals surface area contributed by atoms with Crippen LogP contribution in [0.2, 0.25) is 5.02 Å². The summed E-state index contributed by atoms with van der Waals surface area (Å²) in [7, 11) is -3.84. The second-order valence-corrected chi connectivity index (χ2v) is 7.20. The highest BCUT2D eigenvalue weighted by molar-refractivity contribution is 7.89. The predicted molar refractivity (Wildman–Crippen MR) is 87.3 cm³/mol. The van der Waals surface area contributed by atoms with E-state index in [0.717, 1.165) is 11.6 Å². The number of nitrogens with one attached hydrogen (secondary N) is 1. The van der Waals surface area contributed by atoms with Gasteiger partial charge in [-0.3, -0.25) is 0 Å². The van der Waals surface area contributed by atoms with E-state index in [-0.39, 0.29) is 10.6 Å². The minimum atomic E-state index is -3.84. The molecule has 0 aliphatic rings. The van der Waals surface area contributed by atoms with E-state index in [4.69, 9.17) is 16.7 Å². The number of halogens is 1. The molecule has 1 atom stereocenters. The Bertz CT molecular complexity index is 830. The van der Waals surface area contributed by atoms with Crippen molar-refractivity contribution >= 4 is 27.6 Å². The van der Waals surface area contributed by atoms with Gasteiger partial charge in [-0.2, -0.15) is 0 Å². The zero-order valence-corrected chi connectivity index (χ0v) is 14.2. The van der Waals surface area contributed by atoms with Crippen molar-refractivity contribution in [2.75, 3.05) is 0 Å². The summed E-state index contributed by atoms with van der Waals surface area (Å²) in [4.78, 5) is 11.1. The first-order valence-electron chi connectivity index (χ1n) is 6.96. The summed E-state index contributed by atoms with van der Waals surface area (Å²) < 4.78 is 28.8. The number of sulfonamides is 1. The molecule has 23 heavy (non-hydrogen) atoms. The summed E-state index contributed by atoms with van der Waals surface area (Å²) in [6.07, 6.45) is 1.32. The van der Waals surface area contributed by atoms with Crippen LogP contribution in [0, 0.1) is 0 Å². The van der Waals surface area contributed by atoms with Gasteiger partial charge in [-0.05, 0) is 37.6 Å². The summed E-state index contributed by atoms with van der Waals surface area (Å²) in [6, 6.07) is 7.52. The number of carboxylic acid groups (broad SMARTS) is 1. The molecule has 0 spiro atoms. The fourth-order valence-electron chi connectivity index (χ4n) is 2.22. The lowest BCUT2D eigenvalue weighted by molar-refractivity contribution is 0.0685. The Balaban J connectivity index is 2.30. The average Bonchev–Trinajstić information content (AvgIpc) is 2.92. The topological polar surface area (TPSA) is 88.4 Å². The van der Waals surface area contributed by atoms with Gasteiger partial charge in [0.1, 0.15) is 10.6 Å². The van der Waals surface area contributed by atoms with Gasteiger partial charge in [0.15, 0.2) is 0 Å². The van der Waals surface area contributed by atoms with Crippen LogP contribution in [-0.2, 0) is 16.6 Å². The number of benzene rings is 1. The van der Waals surface area contributed by atoms with Crippen molar-refractivity contribution in [1.29, 1.82) is 0 Å². The molecule has 0 aliphatic heterocycles. The van der Waals surface area contributed by atoms with Crippen molar-refractivity contribution in [3.63, 3.8) is 0 Å². The molecule has 2 aromatic rings. The van der Waals surface area contributed by atoms with Gasteiger partial charge in [0.2, 0.25) is 10.0 Å². The molecule has 0 bridgehead atoms. The minimum absolute atomic E-state index is 0.0664. The molecular weight excluding hydrogens is 340 g/mol. The number of hydrogen-bond donors (Lipinski definition) is 2. The number of aryl methyl sites for hydroxylation is 1. The standard InChI is InChI=1S/C15H17ClN2O4S/c1-3-18-9-13(8-14(18)15(19)20)23(21,22)17-10(2)11-5-4-6-12(16)7-11/h4-10,17H,3H2,1-2H3,(H,19,20). The normalized spacial score (nSPS) is 13.0. The van der Waals surface area contributed by atoms with Crippen LogP contribution < -0.4 is 4.72 Å². The molecule has 2 N–H and O–H groups in total. The van der Waals surface area contributed by atoms with Gasteiger partial charge in [0.25, 0.3) is 0 Å². The Morgan fingerprint density at radius 3 is 2.61 bits per heavy atom. The molecule has 6 nitrogen and oxygen atoms in total. The largest absolute Gasteiger partial charge is 0.477 e. The van der Waals surface area contributed by atoms with E-state index >= 15 is 0 Å². The van der Waals surface area contributed by atoms with Crippen LogP contribution in [0.3, 0.4) is 0 Å². The van der Waals surface area contributed by atoms with Gasteiger partial charge in [0, 0.05) is 23.8 Å². The number of nitrogens with zero attached hydrogens (tertiary/aromatic N) is 1. The summed E-state index contributed by atoms with van der Waals surface area (Å²) in [5.41, 5.74) is 0.651. The van der Waals surface area contributed by atoms with Gasteiger partial charge in [-0.1, -0.05) is 23.7 Å². The highest BCUT2D eigenvalue weighted by Gasteiger charge is 2.23. The molecule has 1 aromatic heterocycles. The number of carbonyl (C=O) groups is 1. The summed E-state index contributed by atoms with van der Waals surface area (Å²) in [5, 5.41) is 9.63. The van der Waals surface area contributed by atoms with Crippen LogP contribution in [0.25, 0.3) is 0 Å². The maximum absolute atomic E-state index is 12.5.